The van der Waals surface area contributed by atoms with Crippen LogP contribution in [0.4, 0.5) is 14.5 Å². The van der Waals surface area contributed by atoms with Crippen molar-refractivity contribution >= 4 is 11.6 Å². The number of nitrogens with two attached hydrogens (primary N) is 1. The predicted octanol–water partition coefficient (Wildman–Crippen LogP) is 1.67. The lowest BCUT2D eigenvalue weighted by atomic mass is 10.2. The van der Waals surface area contributed by atoms with Gasteiger partial charge in [0.05, 0.1) is 12.8 Å². The molecule has 0 fully saturated rings. The van der Waals surface area contributed by atoms with Gasteiger partial charge in [0.15, 0.2) is 17.4 Å². The van der Waals surface area contributed by atoms with E-state index in [9.17, 15) is 13.6 Å². The van der Waals surface area contributed by atoms with Crippen LogP contribution in [0.3, 0.4) is 0 Å². The Morgan fingerprint density at radius 3 is 2.56 bits per heavy atom. The second kappa shape index (κ2) is 5.77. The molecule has 6 heteroatoms. The zero-order valence-electron chi connectivity index (χ0n) is 10.5. The summed E-state index contributed by atoms with van der Waals surface area (Å²) in [5.74, 6) is -2.04. The normalized spacial score (nSPS) is 12.1. The molecule has 1 aromatic rings. The van der Waals surface area contributed by atoms with Gasteiger partial charge in [-0.3, -0.25) is 4.79 Å². The van der Waals surface area contributed by atoms with E-state index in [0.29, 0.717) is 0 Å². The van der Waals surface area contributed by atoms with E-state index in [0.717, 1.165) is 17.0 Å². The molecule has 0 heterocycles. The van der Waals surface area contributed by atoms with Crippen LogP contribution in [0.5, 0.6) is 5.75 Å². The number of carbonyl (C=O) groups is 1. The van der Waals surface area contributed by atoms with Crippen molar-refractivity contribution in [2.24, 2.45) is 5.73 Å². The summed E-state index contributed by atoms with van der Waals surface area (Å²) in [7, 11) is 2.61. The molecule has 4 nitrogen and oxygen atoms in total. The fourth-order valence-electron chi connectivity index (χ4n) is 1.48. The van der Waals surface area contributed by atoms with E-state index >= 15 is 0 Å². The van der Waals surface area contributed by atoms with Crippen LogP contribution in [0.2, 0.25) is 0 Å². The largest absolute Gasteiger partial charge is 0.494 e. The minimum Gasteiger partial charge on any atom is -0.494 e. The molecular formula is C12H16F2N2O2. The Kier molecular flexibility index (Phi) is 4.61. The van der Waals surface area contributed by atoms with Crippen molar-refractivity contribution in [2.75, 3.05) is 19.1 Å². The SMILES string of the molecule is COc1cc(F)c(N(C)C(=O)CC(C)N)cc1F. The number of benzene rings is 1. The van der Waals surface area contributed by atoms with Crippen LogP contribution in [0.25, 0.3) is 0 Å². The van der Waals surface area contributed by atoms with E-state index in [1.165, 1.54) is 14.2 Å². The number of hydrogen-bond donors (Lipinski definition) is 1. The Hall–Kier alpha value is -1.69. The minimum absolute atomic E-state index is 0.0591. The van der Waals surface area contributed by atoms with Gasteiger partial charge in [-0.05, 0) is 6.92 Å². The van der Waals surface area contributed by atoms with Crippen molar-refractivity contribution < 1.29 is 18.3 Å². The van der Waals surface area contributed by atoms with Gasteiger partial charge in [-0.2, -0.15) is 0 Å². The van der Waals surface area contributed by atoms with E-state index in [-0.39, 0.29) is 29.8 Å². The van der Waals surface area contributed by atoms with Gasteiger partial charge in [0, 0.05) is 31.6 Å². The Labute approximate surface area is 104 Å². The van der Waals surface area contributed by atoms with E-state index in [4.69, 9.17) is 5.73 Å². The number of carbonyl (C=O) groups excluding carboxylic acids is 1. The van der Waals surface area contributed by atoms with E-state index in [1.54, 1.807) is 6.92 Å². The number of anilines is 1. The third-order valence-electron chi connectivity index (χ3n) is 2.45. The molecule has 100 valence electrons. The third kappa shape index (κ3) is 3.16. The first-order chi connectivity index (χ1) is 8.36. The number of ether oxygens (including phenoxy) is 1. The highest BCUT2D eigenvalue weighted by Crippen LogP contribution is 2.27. The van der Waals surface area contributed by atoms with Crippen LogP contribution in [0, 0.1) is 11.6 Å². The molecule has 0 saturated carbocycles. The molecular weight excluding hydrogens is 242 g/mol. The van der Waals surface area contributed by atoms with Crippen molar-refractivity contribution in [3.05, 3.63) is 23.8 Å². The second-order valence-corrected chi connectivity index (χ2v) is 4.07. The maximum Gasteiger partial charge on any atom is 0.228 e. The van der Waals surface area contributed by atoms with Crippen molar-refractivity contribution in [2.45, 2.75) is 19.4 Å². The van der Waals surface area contributed by atoms with Crippen LogP contribution >= 0.6 is 0 Å². The molecule has 0 aromatic heterocycles. The fourth-order valence-corrected chi connectivity index (χ4v) is 1.48. The third-order valence-corrected chi connectivity index (χ3v) is 2.45. The highest BCUT2D eigenvalue weighted by molar-refractivity contribution is 5.93. The molecule has 1 amide bonds. The molecule has 0 saturated heterocycles. The molecule has 18 heavy (non-hydrogen) atoms. The molecule has 0 spiro atoms. The monoisotopic (exact) mass is 258 g/mol. The highest BCUT2D eigenvalue weighted by atomic mass is 19.1. The number of amides is 1. The summed E-state index contributed by atoms with van der Waals surface area (Å²) >= 11 is 0. The number of rotatable bonds is 4. The summed E-state index contributed by atoms with van der Waals surface area (Å²) in [6, 6.07) is 1.49. The fraction of sp³-hybridized carbons (Fsp3) is 0.417. The standard InChI is InChI=1S/C12H16F2N2O2/c1-7(15)4-12(17)16(2)10-5-9(14)11(18-3)6-8(10)13/h5-7H,4,15H2,1-3H3. The number of nitrogens with zero attached hydrogens (tertiary/aromatic N) is 1. The van der Waals surface area contributed by atoms with Gasteiger partial charge in [0.1, 0.15) is 0 Å². The van der Waals surface area contributed by atoms with Crippen LogP contribution < -0.4 is 15.4 Å². The molecule has 1 atom stereocenters. The van der Waals surface area contributed by atoms with Crippen LogP contribution in [-0.4, -0.2) is 26.1 Å². The maximum absolute atomic E-state index is 13.7. The molecule has 0 radical (unpaired) electrons. The van der Waals surface area contributed by atoms with E-state index in [2.05, 4.69) is 4.74 Å². The zero-order chi connectivity index (χ0) is 13.9. The molecule has 0 aliphatic heterocycles. The summed E-state index contributed by atoms with van der Waals surface area (Å²) in [6.45, 7) is 1.66. The van der Waals surface area contributed by atoms with Crippen LogP contribution in [0.15, 0.2) is 12.1 Å². The lowest BCUT2D eigenvalue weighted by Gasteiger charge is -2.19. The Bertz CT molecular complexity index is 450. The average molecular weight is 258 g/mol. The van der Waals surface area contributed by atoms with Crippen molar-refractivity contribution in [3.8, 4) is 5.75 Å². The quantitative estimate of drug-likeness (QED) is 0.893. The van der Waals surface area contributed by atoms with Gasteiger partial charge in [-0.1, -0.05) is 0 Å². The smallest absolute Gasteiger partial charge is 0.228 e. The molecule has 1 unspecified atom stereocenters. The van der Waals surface area contributed by atoms with Gasteiger partial charge < -0.3 is 15.4 Å². The lowest BCUT2D eigenvalue weighted by molar-refractivity contribution is -0.118. The van der Waals surface area contributed by atoms with Gasteiger partial charge in [0.25, 0.3) is 0 Å². The molecule has 2 N–H and O–H groups in total. The first-order valence-corrected chi connectivity index (χ1v) is 5.42. The molecule has 0 aliphatic rings. The summed E-state index contributed by atoms with van der Waals surface area (Å²) in [4.78, 5) is 12.7. The van der Waals surface area contributed by atoms with Gasteiger partial charge in [-0.25, -0.2) is 8.78 Å². The van der Waals surface area contributed by atoms with Gasteiger partial charge in [0.2, 0.25) is 5.91 Å². The van der Waals surface area contributed by atoms with Crippen LogP contribution in [0.1, 0.15) is 13.3 Å². The number of methoxy groups -OCH3 is 1. The van der Waals surface area contributed by atoms with Crippen molar-refractivity contribution in [1.82, 2.24) is 0 Å². The minimum atomic E-state index is -0.728. The maximum atomic E-state index is 13.7. The predicted molar refractivity (Wildman–Crippen MR) is 64.6 cm³/mol. The summed E-state index contributed by atoms with van der Waals surface area (Å²) in [5, 5.41) is 0. The average Bonchev–Trinajstić information content (AvgIpc) is 2.29. The molecule has 1 aromatic carbocycles. The van der Waals surface area contributed by atoms with Crippen molar-refractivity contribution in [3.63, 3.8) is 0 Å². The summed E-state index contributed by atoms with van der Waals surface area (Å²) in [5.41, 5.74) is 5.35. The second-order valence-electron chi connectivity index (χ2n) is 4.07. The highest BCUT2D eigenvalue weighted by Gasteiger charge is 2.19. The van der Waals surface area contributed by atoms with Gasteiger partial charge in [-0.15, -0.1) is 0 Å². The lowest BCUT2D eigenvalue weighted by Crippen LogP contribution is -2.32. The van der Waals surface area contributed by atoms with Crippen molar-refractivity contribution in [1.29, 1.82) is 0 Å². The Balaban J connectivity index is 3.02. The zero-order valence-corrected chi connectivity index (χ0v) is 10.5. The van der Waals surface area contributed by atoms with E-state index < -0.39 is 11.6 Å². The number of hydrogen-bond acceptors (Lipinski definition) is 3. The topological polar surface area (TPSA) is 55.6 Å². The van der Waals surface area contributed by atoms with E-state index in [1.807, 2.05) is 0 Å². The molecule has 0 bridgehead atoms. The number of halogens is 2. The first-order valence-electron chi connectivity index (χ1n) is 5.42. The molecule has 0 aliphatic carbocycles. The Morgan fingerprint density at radius 1 is 1.44 bits per heavy atom. The molecule has 1 rings (SSSR count). The first kappa shape index (κ1) is 14.4. The Morgan fingerprint density at radius 2 is 2.06 bits per heavy atom. The summed E-state index contributed by atoms with van der Waals surface area (Å²) < 4.78 is 31.8. The van der Waals surface area contributed by atoms with Crippen LogP contribution in [-0.2, 0) is 4.79 Å². The van der Waals surface area contributed by atoms with Gasteiger partial charge >= 0.3 is 0 Å². The summed E-state index contributed by atoms with van der Waals surface area (Å²) in [6.07, 6.45) is 0.0591.